The van der Waals surface area contributed by atoms with Crippen molar-refractivity contribution in [2.24, 2.45) is 5.10 Å². The van der Waals surface area contributed by atoms with E-state index in [0.717, 1.165) is 0 Å². The second kappa shape index (κ2) is 8.70. The number of amides is 1. The van der Waals surface area contributed by atoms with Gasteiger partial charge in [-0.05, 0) is 19.1 Å². The van der Waals surface area contributed by atoms with E-state index in [2.05, 4.69) is 20.7 Å². The lowest BCUT2D eigenvalue weighted by Crippen LogP contribution is -2.23. The largest absolute Gasteiger partial charge is 0.493 e. The van der Waals surface area contributed by atoms with Gasteiger partial charge in [-0.15, -0.1) is 0 Å². The lowest BCUT2D eigenvalue weighted by molar-refractivity contribution is -0.132. The molecule has 0 bridgehead atoms. The number of nitrogens with one attached hydrogen (secondary N) is 3. The number of carbonyl (C=O) groups excluding carboxylic acids is 2. The van der Waals surface area contributed by atoms with Crippen molar-refractivity contribution >= 4 is 18.1 Å². The molecule has 0 aliphatic rings. The maximum Gasteiger partial charge on any atom is 0.308 e. The third-order valence-corrected chi connectivity index (χ3v) is 3.56. The van der Waals surface area contributed by atoms with Crippen LogP contribution in [0.1, 0.15) is 23.7 Å². The van der Waals surface area contributed by atoms with E-state index in [1.165, 1.54) is 27.4 Å². The molecule has 0 saturated carbocycles. The number of aryl methyl sites for hydroxylation is 1. The van der Waals surface area contributed by atoms with Crippen molar-refractivity contribution in [2.75, 3.05) is 14.2 Å². The fourth-order valence-corrected chi connectivity index (χ4v) is 2.28. The van der Waals surface area contributed by atoms with Crippen LogP contribution < -0.4 is 25.2 Å². The molecule has 27 heavy (non-hydrogen) atoms. The highest BCUT2D eigenvalue weighted by molar-refractivity contribution is 5.85. The number of hydrazone groups is 1. The summed E-state index contributed by atoms with van der Waals surface area (Å²) in [6, 6.07) is 3.13. The van der Waals surface area contributed by atoms with Crippen LogP contribution in [0.2, 0.25) is 0 Å². The summed E-state index contributed by atoms with van der Waals surface area (Å²) in [6.07, 6.45) is 1.26. The highest BCUT2D eigenvalue weighted by Crippen LogP contribution is 2.38. The summed E-state index contributed by atoms with van der Waals surface area (Å²) in [6.45, 7) is 2.95. The number of carbonyl (C=O) groups is 2. The molecule has 144 valence electrons. The predicted molar refractivity (Wildman–Crippen MR) is 96.4 cm³/mol. The molecule has 0 aliphatic carbocycles. The van der Waals surface area contributed by atoms with Gasteiger partial charge in [-0.25, -0.2) is 5.43 Å². The number of aromatic amines is 2. The monoisotopic (exact) mass is 376 g/mol. The van der Waals surface area contributed by atoms with Crippen LogP contribution in [0.4, 0.5) is 0 Å². The molecule has 10 nitrogen and oxygen atoms in total. The van der Waals surface area contributed by atoms with Crippen LogP contribution in [-0.4, -0.2) is 42.5 Å². The smallest absolute Gasteiger partial charge is 0.308 e. The fraction of sp³-hybridized carbons (Fsp3) is 0.294. The van der Waals surface area contributed by atoms with Gasteiger partial charge < -0.3 is 19.3 Å². The SMILES string of the molecule is COc1cc(/C=N\NC(=O)Cc2c(C)[nH][nH]c2=O)cc(OC)c1OC(C)=O. The maximum atomic E-state index is 11.9. The molecular weight excluding hydrogens is 356 g/mol. The Bertz CT molecular complexity index is 903. The van der Waals surface area contributed by atoms with Crippen LogP contribution in [-0.2, 0) is 16.0 Å². The number of aromatic nitrogens is 2. The van der Waals surface area contributed by atoms with Crippen molar-refractivity contribution in [3.8, 4) is 17.2 Å². The molecule has 1 amide bonds. The van der Waals surface area contributed by atoms with Gasteiger partial charge in [0.25, 0.3) is 5.56 Å². The quantitative estimate of drug-likeness (QED) is 0.281. The number of benzene rings is 1. The number of hydrogen-bond acceptors (Lipinski definition) is 7. The van der Waals surface area contributed by atoms with E-state index >= 15 is 0 Å². The Balaban J connectivity index is 2.13. The number of rotatable bonds is 7. The van der Waals surface area contributed by atoms with Gasteiger partial charge in [-0.2, -0.15) is 5.10 Å². The first kappa shape index (κ1) is 19.8. The first-order valence-corrected chi connectivity index (χ1v) is 7.88. The van der Waals surface area contributed by atoms with Crippen LogP contribution in [0.25, 0.3) is 0 Å². The van der Waals surface area contributed by atoms with Crippen molar-refractivity contribution in [3.63, 3.8) is 0 Å². The van der Waals surface area contributed by atoms with Gasteiger partial charge in [0, 0.05) is 23.7 Å². The lowest BCUT2D eigenvalue weighted by atomic mass is 10.2. The molecule has 0 fully saturated rings. The summed E-state index contributed by atoms with van der Waals surface area (Å²) in [5, 5.41) is 8.91. The summed E-state index contributed by atoms with van der Waals surface area (Å²) in [7, 11) is 2.84. The highest BCUT2D eigenvalue weighted by Gasteiger charge is 2.16. The fourth-order valence-electron chi connectivity index (χ4n) is 2.28. The third-order valence-electron chi connectivity index (χ3n) is 3.56. The number of methoxy groups -OCH3 is 2. The average Bonchev–Trinajstić information content (AvgIpc) is 2.94. The summed E-state index contributed by atoms with van der Waals surface area (Å²) < 4.78 is 15.5. The molecule has 0 aliphatic heterocycles. The summed E-state index contributed by atoms with van der Waals surface area (Å²) in [5.74, 6) is -0.278. The molecule has 2 aromatic rings. The molecule has 1 aromatic carbocycles. The van der Waals surface area contributed by atoms with Gasteiger partial charge >= 0.3 is 5.97 Å². The number of hydrogen-bond donors (Lipinski definition) is 3. The Kier molecular flexibility index (Phi) is 6.36. The van der Waals surface area contributed by atoms with E-state index in [1.807, 2.05) is 0 Å². The van der Waals surface area contributed by atoms with Crippen LogP contribution >= 0.6 is 0 Å². The minimum Gasteiger partial charge on any atom is -0.493 e. The molecule has 0 atom stereocenters. The second-order valence-electron chi connectivity index (χ2n) is 5.50. The first-order valence-electron chi connectivity index (χ1n) is 7.88. The van der Waals surface area contributed by atoms with E-state index in [1.54, 1.807) is 19.1 Å². The van der Waals surface area contributed by atoms with Crippen molar-refractivity contribution in [3.05, 3.63) is 39.3 Å². The minimum atomic E-state index is -0.518. The Labute approximate surface area is 154 Å². The number of H-pyrrole nitrogens is 2. The van der Waals surface area contributed by atoms with Gasteiger partial charge in [-0.1, -0.05) is 0 Å². The van der Waals surface area contributed by atoms with Crippen LogP contribution in [0.3, 0.4) is 0 Å². The van der Waals surface area contributed by atoms with Gasteiger partial charge in [0.15, 0.2) is 11.5 Å². The van der Waals surface area contributed by atoms with E-state index in [-0.39, 0.29) is 29.2 Å². The van der Waals surface area contributed by atoms with Gasteiger partial charge in [-0.3, -0.25) is 19.5 Å². The maximum absolute atomic E-state index is 11.9. The molecule has 0 radical (unpaired) electrons. The second-order valence-corrected chi connectivity index (χ2v) is 5.50. The normalized spacial score (nSPS) is 10.7. The zero-order valence-electron chi connectivity index (χ0n) is 15.3. The summed E-state index contributed by atoms with van der Waals surface area (Å²) in [4.78, 5) is 34.7. The zero-order valence-corrected chi connectivity index (χ0v) is 15.3. The summed E-state index contributed by atoms with van der Waals surface area (Å²) >= 11 is 0. The van der Waals surface area contributed by atoms with E-state index in [0.29, 0.717) is 16.8 Å². The van der Waals surface area contributed by atoms with Crippen LogP contribution in [0.15, 0.2) is 22.0 Å². The Morgan fingerprint density at radius 2 is 1.81 bits per heavy atom. The molecule has 10 heteroatoms. The van der Waals surface area contributed by atoms with E-state index in [9.17, 15) is 14.4 Å². The molecule has 2 rings (SSSR count). The molecular formula is C17H20N4O6. The Morgan fingerprint density at radius 3 is 2.30 bits per heavy atom. The number of esters is 1. The minimum absolute atomic E-state index is 0.111. The third kappa shape index (κ3) is 4.97. The van der Waals surface area contributed by atoms with Crippen LogP contribution in [0, 0.1) is 6.92 Å². The summed E-state index contributed by atoms with van der Waals surface area (Å²) in [5.41, 5.74) is 3.47. The highest BCUT2D eigenvalue weighted by atomic mass is 16.6. The Morgan fingerprint density at radius 1 is 1.19 bits per heavy atom. The lowest BCUT2D eigenvalue weighted by Gasteiger charge is -2.13. The molecule has 1 aromatic heterocycles. The first-order chi connectivity index (χ1) is 12.8. The number of ether oxygens (including phenoxy) is 3. The molecule has 0 spiro atoms. The van der Waals surface area contributed by atoms with Crippen molar-refractivity contribution < 1.29 is 23.8 Å². The van der Waals surface area contributed by atoms with Crippen molar-refractivity contribution in [2.45, 2.75) is 20.3 Å². The molecule has 3 N–H and O–H groups in total. The molecule has 0 unspecified atom stereocenters. The van der Waals surface area contributed by atoms with Gasteiger partial charge in [0.1, 0.15) is 0 Å². The van der Waals surface area contributed by atoms with E-state index in [4.69, 9.17) is 14.2 Å². The van der Waals surface area contributed by atoms with Crippen molar-refractivity contribution in [1.29, 1.82) is 0 Å². The van der Waals surface area contributed by atoms with Gasteiger partial charge in [0.05, 0.1) is 26.9 Å². The molecule has 0 saturated heterocycles. The number of nitrogens with zero attached hydrogens (tertiary/aromatic N) is 1. The van der Waals surface area contributed by atoms with E-state index < -0.39 is 11.9 Å². The predicted octanol–water partition coefficient (Wildman–Crippen LogP) is 0.647. The zero-order chi connectivity index (χ0) is 20.0. The Hall–Kier alpha value is -3.56. The topological polar surface area (TPSA) is 135 Å². The van der Waals surface area contributed by atoms with Crippen LogP contribution in [0.5, 0.6) is 17.2 Å². The van der Waals surface area contributed by atoms with Gasteiger partial charge in [0.2, 0.25) is 11.7 Å². The van der Waals surface area contributed by atoms with Crippen molar-refractivity contribution in [1.82, 2.24) is 15.6 Å². The average molecular weight is 376 g/mol. The standard InChI is InChI=1S/C17H20N4O6/c1-9-12(17(24)21-19-9)7-15(23)20-18-8-11-5-13(25-3)16(27-10(2)22)14(6-11)26-4/h5-6,8H,7H2,1-4H3,(H,20,23)(H2,19,21,24)/b18-8-. The molecule has 1 heterocycles.